The molecule has 0 aliphatic rings. The third-order valence-electron chi connectivity index (χ3n) is 2.18. The third kappa shape index (κ3) is 12.1. The summed E-state index contributed by atoms with van der Waals surface area (Å²) in [5.41, 5.74) is 0. The van der Waals surface area contributed by atoms with E-state index < -0.39 is 9.84 Å². The van der Waals surface area contributed by atoms with Crippen molar-refractivity contribution in [2.75, 3.05) is 51.5 Å². The summed E-state index contributed by atoms with van der Waals surface area (Å²) in [6.45, 7) is 5.10. The fraction of sp³-hybridized carbons (Fsp3) is 1.00. The monoisotopic (exact) mass is 267 g/mol. The van der Waals surface area contributed by atoms with Crippen molar-refractivity contribution in [1.29, 1.82) is 0 Å². The summed E-state index contributed by atoms with van der Waals surface area (Å²) in [5, 5.41) is 3.10. The molecule has 1 N–H and O–H groups in total. The second kappa shape index (κ2) is 11.0. The number of nitrogens with one attached hydrogen (secondary N) is 1. The van der Waals surface area contributed by atoms with Crippen LogP contribution in [0.5, 0.6) is 0 Å². The highest BCUT2D eigenvalue weighted by Gasteiger charge is 2.07. The standard InChI is InChI=1S/C11H25NO4S/c1-3-10-17(13,14)11-6-12-5-4-7-16-9-8-15-2/h12H,3-11H2,1-2H3. The Morgan fingerprint density at radius 2 is 1.82 bits per heavy atom. The summed E-state index contributed by atoms with van der Waals surface area (Å²) in [6, 6.07) is 0. The molecule has 0 aromatic heterocycles. The molecule has 5 nitrogen and oxygen atoms in total. The molecule has 6 heteroatoms. The molecular formula is C11H25NO4S. The molecule has 0 spiro atoms. The van der Waals surface area contributed by atoms with Crippen LogP contribution in [0.1, 0.15) is 19.8 Å². The molecule has 0 bridgehead atoms. The van der Waals surface area contributed by atoms with Crippen LogP contribution in [0.3, 0.4) is 0 Å². The molecule has 17 heavy (non-hydrogen) atoms. The maximum absolute atomic E-state index is 11.4. The van der Waals surface area contributed by atoms with Gasteiger partial charge < -0.3 is 14.8 Å². The van der Waals surface area contributed by atoms with Crippen LogP contribution in [0.2, 0.25) is 0 Å². The van der Waals surface area contributed by atoms with E-state index in [0.717, 1.165) is 13.0 Å². The van der Waals surface area contributed by atoms with E-state index in [1.807, 2.05) is 6.92 Å². The van der Waals surface area contributed by atoms with E-state index in [2.05, 4.69) is 5.32 Å². The minimum Gasteiger partial charge on any atom is -0.382 e. The van der Waals surface area contributed by atoms with E-state index in [1.165, 1.54) is 0 Å². The van der Waals surface area contributed by atoms with E-state index in [4.69, 9.17) is 9.47 Å². The SMILES string of the molecule is CCCS(=O)(=O)CCNCCCOCCOC. The van der Waals surface area contributed by atoms with Gasteiger partial charge in [-0.3, -0.25) is 0 Å². The highest BCUT2D eigenvalue weighted by molar-refractivity contribution is 7.91. The lowest BCUT2D eigenvalue weighted by molar-refractivity contribution is 0.0695. The molecule has 0 saturated carbocycles. The van der Waals surface area contributed by atoms with Crippen molar-refractivity contribution >= 4 is 9.84 Å². The van der Waals surface area contributed by atoms with Crippen molar-refractivity contribution in [3.63, 3.8) is 0 Å². The maximum atomic E-state index is 11.4. The summed E-state index contributed by atoms with van der Waals surface area (Å²) in [4.78, 5) is 0. The molecule has 0 aliphatic heterocycles. The number of hydrogen-bond donors (Lipinski definition) is 1. The normalized spacial score (nSPS) is 11.9. The number of ether oxygens (including phenoxy) is 2. The van der Waals surface area contributed by atoms with Crippen LogP contribution in [0.25, 0.3) is 0 Å². The van der Waals surface area contributed by atoms with Gasteiger partial charge in [-0.05, 0) is 19.4 Å². The van der Waals surface area contributed by atoms with Gasteiger partial charge in [0.25, 0.3) is 0 Å². The van der Waals surface area contributed by atoms with Crippen LogP contribution in [0.4, 0.5) is 0 Å². The zero-order chi connectivity index (χ0) is 13.0. The maximum Gasteiger partial charge on any atom is 0.151 e. The lowest BCUT2D eigenvalue weighted by atomic mass is 10.4. The van der Waals surface area contributed by atoms with Gasteiger partial charge in [-0.25, -0.2) is 8.42 Å². The van der Waals surface area contributed by atoms with E-state index in [9.17, 15) is 8.42 Å². The Kier molecular flexibility index (Phi) is 10.8. The minimum absolute atomic E-state index is 0.228. The number of hydrogen-bond acceptors (Lipinski definition) is 5. The molecule has 0 heterocycles. The van der Waals surface area contributed by atoms with Gasteiger partial charge in [0, 0.05) is 26.0 Å². The molecule has 0 saturated heterocycles. The molecule has 0 unspecified atom stereocenters. The number of methoxy groups -OCH3 is 1. The molecule has 0 atom stereocenters. The van der Waals surface area contributed by atoms with Gasteiger partial charge in [-0.1, -0.05) is 6.92 Å². The molecule has 0 aliphatic carbocycles. The van der Waals surface area contributed by atoms with Crippen LogP contribution in [-0.2, 0) is 19.3 Å². The Labute approximate surface area is 105 Å². The highest BCUT2D eigenvalue weighted by Crippen LogP contribution is 1.92. The molecule has 0 fully saturated rings. The number of rotatable bonds is 12. The second-order valence-electron chi connectivity index (χ2n) is 3.86. The quantitative estimate of drug-likeness (QED) is 0.520. The van der Waals surface area contributed by atoms with Gasteiger partial charge in [-0.2, -0.15) is 0 Å². The Bertz CT molecular complexity index is 254. The first-order valence-electron chi connectivity index (χ1n) is 6.10. The topological polar surface area (TPSA) is 64.6 Å². The van der Waals surface area contributed by atoms with Crippen molar-refractivity contribution in [3.05, 3.63) is 0 Å². The summed E-state index contributed by atoms with van der Waals surface area (Å²) >= 11 is 0. The summed E-state index contributed by atoms with van der Waals surface area (Å²) in [5.74, 6) is 0.514. The zero-order valence-electron chi connectivity index (χ0n) is 10.9. The van der Waals surface area contributed by atoms with Crippen LogP contribution >= 0.6 is 0 Å². The van der Waals surface area contributed by atoms with Crippen molar-refractivity contribution in [2.45, 2.75) is 19.8 Å². The van der Waals surface area contributed by atoms with Crippen molar-refractivity contribution in [3.8, 4) is 0 Å². The summed E-state index contributed by atoms with van der Waals surface area (Å²) in [6.07, 6.45) is 1.58. The third-order valence-corrected chi connectivity index (χ3v) is 4.04. The lowest BCUT2D eigenvalue weighted by Gasteiger charge is -2.06. The van der Waals surface area contributed by atoms with Crippen molar-refractivity contribution in [2.24, 2.45) is 0 Å². The van der Waals surface area contributed by atoms with Gasteiger partial charge >= 0.3 is 0 Å². The molecule has 0 aromatic carbocycles. The fourth-order valence-electron chi connectivity index (χ4n) is 1.31. The average Bonchev–Trinajstić information content (AvgIpc) is 2.27. The molecule has 0 rings (SSSR count). The first-order valence-corrected chi connectivity index (χ1v) is 7.92. The Balaban J connectivity index is 3.24. The summed E-state index contributed by atoms with van der Waals surface area (Å²) < 4.78 is 32.8. The largest absolute Gasteiger partial charge is 0.382 e. The smallest absolute Gasteiger partial charge is 0.151 e. The van der Waals surface area contributed by atoms with Gasteiger partial charge in [0.2, 0.25) is 0 Å². The Morgan fingerprint density at radius 1 is 1.06 bits per heavy atom. The molecule has 104 valence electrons. The first-order chi connectivity index (χ1) is 8.12. The molecular weight excluding hydrogens is 242 g/mol. The molecule has 0 radical (unpaired) electrons. The lowest BCUT2D eigenvalue weighted by Crippen LogP contribution is -2.25. The Hall–Kier alpha value is -0.170. The van der Waals surface area contributed by atoms with Crippen molar-refractivity contribution < 1.29 is 17.9 Å². The Morgan fingerprint density at radius 3 is 2.47 bits per heavy atom. The number of sulfone groups is 1. The van der Waals surface area contributed by atoms with E-state index >= 15 is 0 Å². The van der Waals surface area contributed by atoms with Crippen molar-refractivity contribution in [1.82, 2.24) is 5.32 Å². The van der Waals surface area contributed by atoms with Gasteiger partial charge in [0.15, 0.2) is 9.84 Å². The van der Waals surface area contributed by atoms with Crippen LogP contribution in [0.15, 0.2) is 0 Å². The van der Waals surface area contributed by atoms with Crippen LogP contribution in [0, 0.1) is 0 Å². The zero-order valence-corrected chi connectivity index (χ0v) is 11.7. The summed E-state index contributed by atoms with van der Waals surface area (Å²) in [7, 11) is -1.21. The van der Waals surface area contributed by atoms with Crippen LogP contribution in [-0.4, -0.2) is 59.9 Å². The predicted molar refractivity (Wildman–Crippen MR) is 69.1 cm³/mol. The minimum atomic E-state index is -2.85. The molecule has 0 amide bonds. The van der Waals surface area contributed by atoms with Gasteiger partial charge in [0.05, 0.1) is 19.0 Å². The second-order valence-corrected chi connectivity index (χ2v) is 6.16. The van der Waals surface area contributed by atoms with Gasteiger partial charge in [0.1, 0.15) is 0 Å². The van der Waals surface area contributed by atoms with Crippen LogP contribution < -0.4 is 5.32 Å². The first kappa shape index (κ1) is 16.8. The van der Waals surface area contributed by atoms with E-state index in [1.54, 1.807) is 7.11 Å². The van der Waals surface area contributed by atoms with E-state index in [0.29, 0.717) is 32.8 Å². The van der Waals surface area contributed by atoms with E-state index in [-0.39, 0.29) is 11.5 Å². The predicted octanol–water partition coefficient (Wildman–Crippen LogP) is 0.454. The average molecular weight is 267 g/mol. The molecule has 0 aromatic rings. The highest BCUT2D eigenvalue weighted by atomic mass is 32.2. The van der Waals surface area contributed by atoms with Gasteiger partial charge in [-0.15, -0.1) is 0 Å². The fourth-order valence-corrected chi connectivity index (χ4v) is 2.59.